The van der Waals surface area contributed by atoms with E-state index in [1.54, 1.807) is 0 Å². The molecule has 1 heterocycles. The molecular formula is C14H25NO. The van der Waals surface area contributed by atoms with Gasteiger partial charge in [-0.3, -0.25) is 4.79 Å². The van der Waals surface area contributed by atoms with E-state index < -0.39 is 0 Å². The number of hydrogen-bond donors (Lipinski definition) is 1. The van der Waals surface area contributed by atoms with E-state index in [-0.39, 0.29) is 11.3 Å². The summed E-state index contributed by atoms with van der Waals surface area (Å²) in [5.74, 6) is 0.251. The number of hydrogen-bond acceptors (Lipinski definition) is 1. The van der Waals surface area contributed by atoms with Gasteiger partial charge in [-0.2, -0.15) is 0 Å². The lowest BCUT2D eigenvalue weighted by Gasteiger charge is -2.52. The fourth-order valence-corrected chi connectivity index (χ4v) is 4.74. The topological polar surface area (TPSA) is 29.1 Å². The van der Waals surface area contributed by atoms with Crippen LogP contribution in [0, 0.1) is 16.2 Å². The van der Waals surface area contributed by atoms with Gasteiger partial charge in [0.05, 0.1) is 0 Å². The first-order chi connectivity index (χ1) is 7.14. The van der Waals surface area contributed by atoms with E-state index in [0.717, 1.165) is 6.42 Å². The van der Waals surface area contributed by atoms with Gasteiger partial charge in [0.1, 0.15) is 0 Å². The molecule has 2 heteroatoms. The quantitative estimate of drug-likeness (QED) is 0.671. The van der Waals surface area contributed by atoms with Crippen molar-refractivity contribution in [2.24, 2.45) is 16.2 Å². The zero-order valence-electron chi connectivity index (χ0n) is 11.3. The number of nitrogens with one attached hydrogen (secondary N) is 1. The second kappa shape index (κ2) is 3.24. The molecule has 1 saturated carbocycles. The highest BCUT2D eigenvalue weighted by molar-refractivity contribution is 5.80. The summed E-state index contributed by atoms with van der Waals surface area (Å²) in [6.45, 7) is 11.6. The summed E-state index contributed by atoms with van der Waals surface area (Å²) in [6, 6.07) is 0.346. The summed E-state index contributed by atoms with van der Waals surface area (Å²) in [5.41, 5.74) is 0.937. The average Bonchev–Trinajstić information content (AvgIpc) is 2.17. The number of rotatable bonds is 0. The number of amides is 1. The molecule has 1 aliphatic carbocycles. The SMILES string of the molecule is CC1NC(=O)CC12CC(C)(C)CC(C)(C)C2. The maximum absolute atomic E-state index is 11.6. The lowest BCUT2D eigenvalue weighted by atomic mass is 9.53. The van der Waals surface area contributed by atoms with Gasteiger partial charge in [-0.25, -0.2) is 0 Å². The molecule has 1 N–H and O–H groups in total. The molecule has 1 amide bonds. The summed E-state index contributed by atoms with van der Waals surface area (Å²) in [6.07, 6.45) is 4.37. The molecule has 1 spiro atoms. The molecule has 2 fully saturated rings. The second-order valence-electron chi connectivity index (χ2n) is 7.69. The van der Waals surface area contributed by atoms with E-state index in [4.69, 9.17) is 0 Å². The second-order valence-corrected chi connectivity index (χ2v) is 7.69. The van der Waals surface area contributed by atoms with Crippen molar-refractivity contribution in [1.82, 2.24) is 5.32 Å². The van der Waals surface area contributed by atoms with Gasteiger partial charge >= 0.3 is 0 Å². The van der Waals surface area contributed by atoms with E-state index in [9.17, 15) is 4.79 Å². The van der Waals surface area contributed by atoms with Gasteiger partial charge in [0, 0.05) is 17.9 Å². The van der Waals surface area contributed by atoms with Crippen LogP contribution in [0.4, 0.5) is 0 Å². The molecule has 92 valence electrons. The maximum atomic E-state index is 11.6. The summed E-state index contributed by atoms with van der Waals surface area (Å²) < 4.78 is 0. The Labute approximate surface area is 99.2 Å². The molecule has 0 aromatic carbocycles. The molecule has 2 nitrogen and oxygen atoms in total. The Morgan fingerprint density at radius 1 is 1.06 bits per heavy atom. The highest BCUT2D eigenvalue weighted by Gasteiger charge is 2.53. The van der Waals surface area contributed by atoms with Crippen molar-refractivity contribution >= 4 is 5.91 Å². The lowest BCUT2D eigenvalue weighted by molar-refractivity contribution is -0.120. The number of carbonyl (C=O) groups excluding carboxylic acids is 1. The van der Waals surface area contributed by atoms with E-state index >= 15 is 0 Å². The third kappa shape index (κ3) is 1.99. The van der Waals surface area contributed by atoms with Gasteiger partial charge in [-0.1, -0.05) is 27.7 Å². The Kier molecular flexibility index (Phi) is 2.42. The Morgan fingerprint density at radius 2 is 1.56 bits per heavy atom. The zero-order chi connectivity index (χ0) is 12.2. The van der Waals surface area contributed by atoms with Crippen LogP contribution in [-0.4, -0.2) is 11.9 Å². The maximum Gasteiger partial charge on any atom is 0.220 e. The molecule has 1 saturated heterocycles. The molecular weight excluding hydrogens is 198 g/mol. The molecule has 0 aromatic rings. The lowest BCUT2D eigenvalue weighted by Crippen LogP contribution is -2.46. The van der Waals surface area contributed by atoms with Crippen LogP contribution < -0.4 is 5.32 Å². The standard InChI is InChI=1S/C14H25NO/c1-10-14(6-11(16)15-10)8-12(2,3)7-13(4,5)9-14/h10H,6-9H2,1-5H3,(H,15,16). The fraction of sp³-hybridized carbons (Fsp3) is 0.929. The summed E-state index contributed by atoms with van der Waals surface area (Å²) >= 11 is 0. The first-order valence-electron chi connectivity index (χ1n) is 6.44. The van der Waals surface area contributed by atoms with E-state index in [2.05, 4.69) is 39.9 Å². The summed E-state index contributed by atoms with van der Waals surface area (Å²) in [4.78, 5) is 11.6. The first kappa shape index (κ1) is 11.9. The highest BCUT2D eigenvalue weighted by atomic mass is 16.2. The van der Waals surface area contributed by atoms with Gasteiger partial charge in [0.25, 0.3) is 0 Å². The molecule has 1 atom stereocenters. The largest absolute Gasteiger partial charge is 0.353 e. The fourth-order valence-electron chi connectivity index (χ4n) is 4.74. The number of carbonyl (C=O) groups is 1. The van der Waals surface area contributed by atoms with Crippen LogP contribution in [0.2, 0.25) is 0 Å². The van der Waals surface area contributed by atoms with Crippen LogP contribution >= 0.6 is 0 Å². The molecule has 0 radical (unpaired) electrons. The molecule has 16 heavy (non-hydrogen) atoms. The van der Waals surface area contributed by atoms with Crippen molar-refractivity contribution < 1.29 is 4.79 Å². The average molecular weight is 223 g/mol. The normalized spacial score (nSPS) is 35.1. The first-order valence-corrected chi connectivity index (χ1v) is 6.44. The van der Waals surface area contributed by atoms with Gasteiger partial charge in [-0.15, -0.1) is 0 Å². The minimum absolute atomic E-state index is 0.211. The Balaban J connectivity index is 2.31. The predicted octanol–water partition coefficient (Wildman–Crippen LogP) is 3.12. The van der Waals surface area contributed by atoms with Gasteiger partial charge in [0.15, 0.2) is 0 Å². The Bertz CT molecular complexity index is 301. The van der Waals surface area contributed by atoms with Crippen LogP contribution in [-0.2, 0) is 4.79 Å². The minimum atomic E-state index is 0.211. The molecule has 2 aliphatic rings. The third-order valence-corrected chi connectivity index (χ3v) is 4.43. The smallest absolute Gasteiger partial charge is 0.220 e. The van der Waals surface area contributed by atoms with E-state index in [0.29, 0.717) is 16.9 Å². The third-order valence-electron chi connectivity index (χ3n) is 4.43. The van der Waals surface area contributed by atoms with Gasteiger partial charge < -0.3 is 5.32 Å². The molecule has 0 aromatic heterocycles. The van der Waals surface area contributed by atoms with Crippen molar-refractivity contribution in [3.05, 3.63) is 0 Å². The van der Waals surface area contributed by atoms with Crippen molar-refractivity contribution in [1.29, 1.82) is 0 Å². The molecule has 0 bridgehead atoms. The van der Waals surface area contributed by atoms with Crippen LogP contribution in [0.15, 0.2) is 0 Å². The van der Waals surface area contributed by atoms with Crippen LogP contribution in [0.1, 0.15) is 60.3 Å². The van der Waals surface area contributed by atoms with Crippen molar-refractivity contribution in [3.63, 3.8) is 0 Å². The monoisotopic (exact) mass is 223 g/mol. The van der Waals surface area contributed by atoms with Crippen molar-refractivity contribution in [2.45, 2.75) is 66.3 Å². The van der Waals surface area contributed by atoms with E-state index in [1.165, 1.54) is 19.3 Å². The Morgan fingerprint density at radius 3 is 1.94 bits per heavy atom. The molecule has 1 aliphatic heterocycles. The van der Waals surface area contributed by atoms with Crippen LogP contribution in [0.5, 0.6) is 0 Å². The van der Waals surface area contributed by atoms with Crippen LogP contribution in [0.25, 0.3) is 0 Å². The van der Waals surface area contributed by atoms with E-state index in [1.807, 2.05) is 0 Å². The predicted molar refractivity (Wildman–Crippen MR) is 66.1 cm³/mol. The summed E-state index contributed by atoms with van der Waals surface area (Å²) in [7, 11) is 0. The molecule has 2 rings (SSSR count). The van der Waals surface area contributed by atoms with Crippen LogP contribution in [0.3, 0.4) is 0 Å². The van der Waals surface area contributed by atoms with Gasteiger partial charge in [-0.05, 0) is 37.0 Å². The van der Waals surface area contributed by atoms with Gasteiger partial charge in [0.2, 0.25) is 5.91 Å². The van der Waals surface area contributed by atoms with Crippen molar-refractivity contribution in [3.8, 4) is 0 Å². The van der Waals surface area contributed by atoms with Crippen molar-refractivity contribution in [2.75, 3.05) is 0 Å². The molecule has 1 unspecified atom stereocenters. The highest BCUT2D eigenvalue weighted by Crippen LogP contribution is 2.58. The zero-order valence-corrected chi connectivity index (χ0v) is 11.3. The Hall–Kier alpha value is -0.530. The summed E-state index contributed by atoms with van der Waals surface area (Å²) in [5, 5.41) is 3.11. The minimum Gasteiger partial charge on any atom is -0.353 e.